The Hall–Kier alpha value is -2.20. The zero-order valence-corrected chi connectivity index (χ0v) is 35.5. The molecule has 9 aliphatic rings. The SMILES string of the molecule is CCC(C)(C)C(=O)OC1(C2CCCC2)CCCC1.CCC(C)(C)C(=O)OC12CC3CC(CC(O)(C3)C1)C2.CCC(C)(C)C(=O)OC1C2CC3C(=O)OC1C3O2. The molecule has 1 N–H and O–H groups in total. The lowest BCUT2D eigenvalue weighted by atomic mass is 9.52. The lowest BCUT2D eigenvalue weighted by Crippen LogP contribution is -2.61. The van der Waals surface area contributed by atoms with Crippen LogP contribution in [0.1, 0.15) is 178 Å². The quantitative estimate of drug-likeness (QED) is 0.170. The second-order valence-electron chi connectivity index (χ2n) is 20.9. The first-order valence-corrected chi connectivity index (χ1v) is 22.0. The molecule has 0 aromatic carbocycles. The lowest BCUT2D eigenvalue weighted by molar-refractivity contribution is -0.225. The Bertz CT molecular complexity index is 1420. The third-order valence-corrected chi connectivity index (χ3v) is 15.5. The van der Waals surface area contributed by atoms with Crippen LogP contribution in [-0.4, -0.2) is 70.2 Å². The van der Waals surface area contributed by atoms with Crippen molar-refractivity contribution in [2.75, 3.05) is 0 Å². The van der Waals surface area contributed by atoms with Gasteiger partial charge in [-0.25, -0.2) is 0 Å². The van der Waals surface area contributed by atoms with Crippen molar-refractivity contribution >= 4 is 23.9 Å². The van der Waals surface area contributed by atoms with Gasteiger partial charge in [0.2, 0.25) is 0 Å². The Morgan fingerprint density at radius 2 is 1.25 bits per heavy atom. The standard InChI is InChI=1S/C16H26O3.C16H28O2.C13H18O5/c1-4-14(2,3)13(17)19-16-8-11-5-12(9-16)7-15(18,6-11)10-16;1-4-15(2,3)14(17)18-16(11-7-8-12-16)13-9-5-6-10-13;1-4-13(2,3)12(15)18-9-7-5-6-8(16-7)10(9)17-11(6)14/h11-12,18H,4-10H2,1-3H3;13H,4-12H2,1-3H3;6-10H,4-5H2,1-3H3. The highest BCUT2D eigenvalue weighted by Gasteiger charge is 2.65. The summed E-state index contributed by atoms with van der Waals surface area (Å²) < 4.78 is 28.5. The van der Waals surface area contributed by atoms with Crippen LogP contribution >= 0.6 is 0 Å². The Labute approximate surface area is 330 Å². The summed E-state index contributed by atoms with van der Waals surface area (Å²) in [5, 5.41) is 10.6. The average molecular weight is 773 g/mol. The number of ether oxygens (including phenoxy) is 5. The molecule has 0 amide bonds. The van der Waals surface area contributed by atoms with Gasteiger partial charge in [0, 0.05) is 6.42 Å². The molecule has 312 valence electrons. The fourth-order valence-electron chi connectivity index (χ4n) is 11.0. The predicted octanol–water partition coefficient (Wildman–Crippen LogP) is 8.57. The molecule has 6 aliphatic carbocycles. The minimum atomic E-state index is -0.555. The number of fused-ring (bicyclic) bond motifs is 1. The summed E-state index contributed by atoms with van der Waals surface area (Å²) in [4.78, 5) is 48.4. The van der Waals surface area contributed by atoms with Gasteiger partial charge in [0.05, 0.1) is 33.9 Å². The second-order valence-corrected chi connectivity index (χ2v) is 20.9. The van der Waals surface area contributed by atoms with Gasteiger partial charge in [-0.05, 0) is 156 Å². The van der Waals surface area contributed by atoms with E-state index < -0.39 is 28.6 Å². The van der Waals surface area contributed by atoms with Gasteiger partial charge in [0.1, 0.15) is 17.3 Å². The predicted molar refractivity (Wildman–Crippen MR) is 206 cm³/mol. The van der Waals surface area contributed by atoms with Crippen LogP contribution in [0.2, 0.25) is 0 Å². The Morgan fingerprint density at radius 1 is 0.727 bits per heavy atom. The van der Waals surface area contributed by atoms with Crippen molar-refractivity contribution in [3.8, 4) is 0 Å². The molecule has 7 atom stereocenters. The summed E-state index contributed by atoms with van der Waals surface area (Å²) in [6.07, 6.45) is 17.3. The molecule has 55 heavy (non-hydrogen) atoms. The summed E-state index contributed by atoms with van der Waals surface area (Å²) >= 11 is 0. The number of rotatable bonds is 10. The van der Waals surface area contributed by atoms with Crippen molar-refractivity contribution in [3.63, 3.8) is 0 Å². The van der Waals surface area contributed by atoms with Gasteiger partial charge in [-0.2, -0.15) is 0 Å². The fourth-order valence-corrected chi connectivity index (χ4v) is 11.0. The monoisotopic (exact) mass is 773 g/mol. The topological polar surface area (TPSA) is 135 Å². The molecule has 9 fully saturated rings. The zero-order valence-electron chi connectivity index (χ0n) is 35.5. The Kier molecular flexibility index (Phi) is 12.0. The maximum Gasteiger partial charge on any atom is 0.312 e. The third-order valence-electron chi connectivity index (χ3n) is 15.5. The Balaban J connectivity index is 0.000000140. The lowest BCUT2D eigenvalue weighted by Gasteiger charge is -2.59. The minimum Gasteiger partial charge on any atom is -0.459 e. The number of esters is 4. The summed E-state index contributed by atoms with van der Waals surface area (Å²) in [5.74, 6) is 1.10. The van der Waals surface area contributed by atoms with E-state index in [1.165, 1.54) is 44.9 Å². The number of aliphatic hydroxyl groups is 1. The highest BCUT2D eigenvalue weighted by molar-refractivity contribution is 5.79. The van der Waals surface area contributed by atoms with Crippen LogP contribution in [0.4, 0.5) is 0 Å². The van der Waals surface area contributed by atoms with E-state index in [-0.39, 0.29) is 58.6 Å². The summed E-state index contributed by atoms with van der Waals surface area (Å²) in [5.41, 5.74) is -2.26. The summed E-state index contributed by atoms with van der Waals surface area (Å²) in [6, 6.07) is 0. The fraction of sp³-hybridized carbons (Fsp3) is 0.911. The van der Waals surface area contributed by atoms with Crippen LogP contribution in [0.3, 0.4) is 0 Å². The van der Waals surface area contributed by atoms with E-state index in [4.69, 9.17) is 23.7 Å². The maximum absolute atomic E-state index is 12.4. The molecular weight excluding hydrogens is 700 g/mol. The van der Waals surface area contributed by atoms with Crippen LogP contribution < -0.4 is 0 Å². The third kappa shape index (κ3) is 8.52. The minimum absolute atomic E-state index is 0.0267. The molecule has 6 saturated carbocycles. The second kappa shape index (κ2) is 15.5. The van der Waals surface area contributed by atoms with Crippen LogP contribution in [-0.2, 0) is 42.9 Å². The normalized spacial score (nSPS) is 36.8. The number of hydrogen-bond donors (Lipinski definition) is 1. The van der Waals surface area contributed by atoms with E-state index in [9.17, 15) is 24.3 Å². The first kappa shape index (κ1) is 42.4. The average Bonchev–Trinajstić information content (AvgIpc) is 3.95. The highest BCUT2D eigenvalue weighted by atomic mass is 16.7. The van der Waals surface area contributed by atoms with Crippen molar-refractivity contribution in [2.45, 2.75) is 219 Å². The molecule has 7 unspecified atom stereocenters. The van der Waals surface area contributed by atoms with Gasteiger partial charge in [-0.1, -0.05) is 33.6 Å². The van der Waals surface area contributed by atoms with E-state index in [1.807, 2.05) is 55.4 Å². The number of carbonyl (C=O) groups excluding carboxylic acids is 4. The van der Waals surface area contributed by atoms with Gasteiger partial charge in [-0.3, -0.25) is 19.2 Å². The van der Waals surface area contributed by atoms with Gasteiger partial charge in [-0.15, -0.1) is 0 Å². The maximum atomic E-state index is 12.4. The van der Waals surface area contributed by atoms with E-state index in [0.29, 0.717) is 37.0 Å². The summed E-state index contributed by atoms with van der Waals surface area (Å²) in [7, 11) is 0. The van der Waals surface area contributed by atoms with E-state index in [0.717, 1.165) is 51.4 Å². The summed E-state index contributed by atoms with van der Waals surface area (Å²) in [6.45, 7) is 17.7. The van der Waals surface area contributed by atoms with Crippen molar-refractivity contribution in [2.24, 2.45) is 39.9 Å². The molecule has 3 heterocycles. The molecular formula is C45H72O10. The zero-order chi connectivity index (χ0) is 40.2. The highest BCUT2D eigenvalue weighted by Crippen LogP contribution is 2.59. The van der Waals surface area contributed by atoms with Crippen molar-refractivity contribution in [1.29, 1.82) is 0 Å². The molecule has 0 aromatic rings. The van der Waals surface area contributed by atoms with Crippen molar-refractivity contribution in [3.05, 3.63) is 0 Å². The van der Waals surface area contributed by atoms with Crippen LogP contribution in [0.15, 0.2) is 0 Å². The van der Waals surface area contributed by atoms with Crippen LogP contribution in [0.25, 0.3) is 0 Å². The largest absolute Gasteiger partial charge is 0.459 e. The van der Waals surface area contributed by atoms with Gasteiger partial charge >= 0.3 is 23.9 Å². The van der Waals surface area contributed by atoms with Crippen molar-refractivity contribution < 1.29 is 48.0 Å². The Morgan fingerprint density at radius 3 is 1.78 bits per heavy atom. The van der Waals surface area contributed by atoms with Crippen molar-refractivity contribution in [1.82, 2.24) is 0 Å². The molecule has 10 nitrogen and oxygen atoms in total. The van der Waals surface area contributed by atoms with E-state index in [1.54, 1.807) is 0 Å². The molecule has 3 saturated heterocycles. The number of hydrogen-bond acceptors (Lipinski definition) is 10. The van der Waals surface area contributed by atoms with Crippen LogP contribution in [0, 0.1) is 39.9 Å². The first-order valence-electron chi connectivity index (χ1n) is 22.0. The van der Waals surface area contributed by atoms with Gasteiger partial charge in [0.25, 0.3) is 0 Å². The molecule has 0 aromatic heterocycles. The first-order chi connectivity index (χ1) is 25.7. The molecule has 10 heteroatoms. The molecule has 0 radical (unpaired) electrons. The smallest absolute Gasteiger partial charge is 0.312 e. The molecule has 6 bridgehead atoms. The molecule has 0 spiro atoms. The van der Waals surface area contributed by atoms with Crippen LogP contribution in [0.5, 0.6) is 0 Å². The van der Waals surface area contributed by atoms with E-state index in [2.05, 4.69) is 6.92 Å². The number of carbonyl (C=O) groups is 4. The van der Waals surface area contributed by atoms with E-state index >= 15 is 0 Å². The van der Waals surface area contributed by atoms with Gasteiger partial charge in [0.15, 0.2) is 12.2 Å². The molecule has 3 aliphatic heterocycles. The molecule has 9 rings (SSSR count). The van der Waals surface area contributed by atoms with Gasteiger partial charge < -0.3 is 28.8 Å².